The van der Waals surface area contributed by atoms with Crippen molar-refractivity contribution in [2.24, 2.45) is 0 Å². The second-order valence-electron chi connectivity index (χ2n) is 7.98. The van der Waals surface area contributed by atoms with E-state index in [-0.39, 0.29) is 5.02 Å². The van der Waals surface area contributed by atoms with Gasteiger partial charge >= 0.3 is 0 Å². The normalized spacial score (nSPS) is 10.8. The highest BCUT2D eigenvalue weighted by Crippen LogP contribution is 2.28. The first-order valence-electron chi connectivity index (χ1n) is 11.1. The third kappa shape index (κ3) is 5.67. The second kappa shape index (κ2) is 10.4. The average molecular weight is 485 g/mol. The summed E-state index contributed by atoms with van der Waals surface area (Å²) in [7, 11) is 0. The molecule has 0 spiro atoms. The summed E-state index contributed by atoms with van der Waals surface area (Å²) in [5, 5.41) is 7.53. The molecule has 174 valence electrons. The van der Waals surface area contributed by atoms with Crippen LogP contribution in [0.4, 0.5) is 21.6 Å². The van der Waals surface area contributed by atoms with Crippen molar-refractivity contribution in [3.8, 4) is 5.75 Å². The number of halogens is 2. The van der Waals surface area contributed by atoms with E-state index in [9.17, 15) is 4.39 Å². The zero-order chi connectivity index (χ0) is 24.0. The fourth-order valence-corrected chi connectivity index (χ4v) is 3.85. The number of nitrogens with one attached hydrogen (secondary N) is 2. The van der Waals surface area contributed by atoms with Crippen molar-refractivity contribution in [1.29, 1.82) is 0 Å². The molecule has 0 aliphatic rings. The zero-order valence-electron chi connectivity index (χ0n) is 18.7. The van der Waals surface area contributed by atoms with Crippen LogP contribution in [0.25, 0.3) is 10.9 Å². The summed E-state index contributed by atoms with van der Waals surface area (Å²) in [5.74, 6) is 0.966. The lowest BCUT2D eigenvalue weighted by Crippen LogP contribution is -2.01. The van der Waals surface area contributed by atoms with Gasteiger partial charge in [0.2, 0.25) is 0 Å². The first kappa shape index (κ1) is 22.6. The van der Waals surface area contributed by atoms with Gasteiger partial charge in [0.1, 0.15) is 30.3 Å². The lowest BCUT2D eigenvalue weighted by molar-refractivity contribution is 0.306. The molecule has 0 unspecified atom stereocenters. The molecule has 4 aromatic carbocycles. The van der Waals surface area contributed by atoms with E-state index in [1.165, 1.54) is 18.5 Å². The number of fused-ring (bicyclic) bond motifs is 1. The average Bonchev–Trinajstić information content (AvgIpc) is 2.89. The Morgan fingerprint density at radius 3 is 2.49 bits per heavy atom. The van der Waals surface area contributed by atoms with Crippen LogP contribution in [0.2, 0.25) is 5.02 Å². The molecule has 0 aliphatic carbocycles. The van der Waals surface area contributed by atoms with Crippen molar-refractivity contribution < 1.29 is 9.13 Å². The molecular formula is C28H22ClFN4O. The van der Waals surface area contributed by atoms with E-state index in [1.54, 1.807) is 6.07 Å². The number of ether oxygens (including phenoxy) is 1. The van der Waals surface area contributed by atoms with Crippen molar-refractivity contribution in [3.63, 3.8) is 0 Å². The van der Waals surface area contributed by atoms with Gasteiger partial charge in [-0.15, -0.1) is 0 Å². The van der Waals surface area contributed by atoms with Crippen molar-refractivity contribution in [2.75, 3.05) is 10.6 Å². The van der Waals surface area contributed by atoms with Crippen LogP contribution in [-0.4, -0.2) is 9.97 Å². The van der Waals surface area contributed by atoms with Gasteiger partial charge in [0.25, 0.3) is 0 Å². The van der Waals surface area contributed by atoms with Crippen LogP contribution in [0.1, 0.15) is 11.1 Å². The van der Waals surface area contributed by atoms with Gasteiger partial charge in [-0.1, -0.05) is 54.1 Å². The van der Waals surface area contributed by atoms with Crippen LogP contribution >= 0.6 is 11.6 Å². The van der Waals surface area contributed by atoms with E-state index < -0.39 is 5.82 Å². The Labute approximate surface area is 207 Å². The van der Waals surface area contributed by atoms with Gasteiger partial charge in [0.05, 0.1) is 10.5 Å². The second-order valence-corrected chi connectivity index (χ2v) is 8.39. The maximum absolute atomic E-state index is 13.5. The molecule has 0 saturated heterocycles. The summed E-state index contributed by atoms with van der Waals surface area (Å²) in [6, 6.07) is 28.5. The van der Waals surface area contributed by atoms with Gasteiger partial charge in [-0.2, -0.15) is 0 Å². The summed E-state index contributed by atoms with van der Waals surface area (Å²) in [4.78, 5) is 8.72. The number of nitrogens with zero attached hydrogens (tertiary/aromatic N) is 2. The molecule has 5 nitrogen and oxygen atoms in total. The van der Waals surface area contributed by atoms with Crippen molar-refractivity contribution >= 4 is 39.7 Å². The van der Waals surface area contributed by atoms with E-state index in [2.05, 4.69) is 26.7 Å². The molecule has 0 fully saturated rings. The molecular weight excluding hydrogens is 463 g/mol. The van der Waals surface area contributed by atoms with Crippen molar-refractivity contribution in [1.82, 2.24) is 9.97 Å². The summed E-state index contributed by atoms with van der Waals surface area (Å²) in [6.45, 7) is 1.15. The maximum atomic E-state index is 13.5. The van der Waals surface area contributed by atoms with Gasteiger partial charge in [0, 0.05) is 23.3 Å². The summed E-state index contributed by atoms with van der Waals surface area (Å²) in [6.07, 6.45) is 1.49. The minimum absolute atomic E-state index is 0.0469. The molecule has 5 rings (SSSR count). The Morgan fingerprint density at radius 1 is 0.800 bits per heavy atom. The SMILES string of the molecule is Fc1ccc(Nc2ncnc3ccc(NCc4cccc(OCc5ccccc5)c4)cc23)cc1Cl. The molecule has 0 aliphatic heterocycles. The molecule has 0 radical (unpaired) electrons. The fourth-order valence-electron chi connectivity index (χ4n) is 3.67. The summed E-state index contributed by atoms with van der Waals surface area (Å²) in [5.41, 5.74) is 4.57. The van der Waals surface area contributed by atoms with Gasteiger partial charge in [0.15, 0.2) is 0 Å². The molecule has 1 aromatic heterocycles. The monoisotopic (exact) mass is 484 g/mol. The number of anilines is 3. The van der Waals surface area contributed by atoms with E-state index in [0.717, 1.165) is 33.5 Å². The van der Waals surface area contributed by atoms with E-state index in [0.29, 0.717) is 24.7 Å². The molecule has 1 heterocycles. The minimum atomic E-state index is -0.467. The van der Waals surface area contributed by atoms with Gasteiger partial charge in [-0.05, 0) is 59.7 Å². The van der Waals surface area contributed by atoms with Gasteiger partial charge < -0.3 is 15.4 Å². The third-order valence-corrected chi connectivity index (χ3v) is 5.75. The first-order chi connectivity index (χ1) is 17.1. The molecule has 5 aromatic rings. The largest absolute Gasteiger partial charge is 0.489 e. The van der Waals surface area contributed by atoms with E-state index in [4.69, 9.17) is 16.3 Å². The Kier molecular flexibility index (Phi) is 6.73. The lowest BCUT2D eigenvalue weighted by Gasteiger charge is -2.12. The van der Waals surface area contributed by atoms with Gasteiger partial charge in [-0.25, -0.2) is 14.4 Å². The molecule has 7 heteroatoms. The van der Waals surface area contributed by atoms with Crippen LogP contribution in [0.15, 0.2) is 97.3 Å². The standard InChI is InChI=1S/C28H22ClFN4O/c29-25-15-22(9-11-26(25)30)34-28-24-14-21(10-12-27(24)32-18-33-28)31-16-20-7-4-8-23(13-20)35-17-19-5-2-1-3-6-19/h1-15,18,31H,16-17H2,(H,32,33,34). The van der Waals surface area contributed by atoms with Crippen LogP contribution in [0, 0.1) is 5.82 Å². The minimum Gasteiger partial charge on any atom is -0.489 e. The zero-order valence-corrected chi connectivity index (χ0v) is 19.5. The highest BCUT2D eigenvalue weighted by Gasteiger charge is 2.08. The Morgan fingerprint density at radius 2 is 1.63 bits per heavy atom. The number of aromatic nitrogens is 2. The maximum Gasteiger partial charge on any atom is 0.141 e. The fraction of sp³-hybridized carbons (Fsp3) is 0.0714. The van der Waals surface area contributed by atoms with Gasteiger partial charge in [-0.3, -0.25) is 0 Å². The van der Waals surface area contributed by atoms with Crippen molar-refractivity contribution in [2.45, 2.75) is 13.2 Å². The Bertz CT molecular complexity index is 1460. The lowest BCUT2D eigenvalue weighted by atomic mass is 10.1. The quantitative estimate of drug-likeness (QED) is 0.241. The molecule has 35 heavy (non-hydrogen) atoms. The Hall–Kier alpha value is -4.16. The van der Waals surface area contributed by atoms with E-state index in [1.807, 2.05) is 66.7 Å². The first-order valence-corrected chi connectivity index (χ1v) is 11.5. The van der Waals surface area contributed by atoms with Crippen LogP contribution in [-0.2, 0) is 13.2 Å². The van der Waals surface area contributed by atoms with Crippen molar-refractivity contribution in [3.05, 3.63) is 119 Å². The highest BCUT2D eigenvalue weighted by molar-refractivity contribution is 6.31. The highest BCUT2D eigenvalue weighted by atomic mass is 35.5. The van der Waals surface area contributed by atoms with Crippen LogP contribution in [0.3, 0.4) is 0 Å². The van der Waals surface area contributed by atoms with Crippen LogP contribution < -0.4 is 15.4 Å². The molecule has 0 bridgehead atoms. The number of rotatable bonds is 8. The Balaban J connectivity index is 1.29. The summed E-state index contributed by atoms with van der Waals surface area (Å²) >= 11 is 5.92. The number of hydrogen-bond acceptors (Lipinski definition) is 5. The van der Waals surface area contributed by atoms with E-state index >= 15 is 0 Å². The predicted octanol–water partition coefficient (Wildman–Crippen LogP) is 7.36. The number of benzene rings is 4. The smallest absolute Gasteiger partial charge is 0.141 e. The summed E-state index contributed by atoms with van der Waals surface area (Å²) < 4.78 is 19.5. The predicted molar refractivity (Wildman–Crippen MR) is 139 cm³/mol. The topological polar surface area (TPSA) is 59.1 Å². The molecule has 0 amide bonds. The third-order valence-electron chi connectivity index (χ3n) is 5.46. The van der Waals surface area contributed by atoms with Crippen LogP contribution in [0.5, 0.6) is 5.75 Å². The molecule has 0 saturated carbocycles. The molecule has 2 N–H and O–H groups in total. The number of hydrogen-bond donors (Lipinski definition) is 2. The molecule has 0 atom stereocenters.